The summed E-state index contributed by atoms with van der Waals surface area (Å²) >= 11 is 4.60. The number of likely N-dealkylation sites (tertiary alicyclic amines) is 1. The summed E-state index contributed by atoms with van der Waals surface area (Å²) in [6.07, 6.45) is -4.49. The van der Waals surface area contributed by atoms with Gasteiger partial charge in [0.05, 0.1) is 32.8 Å². The van der Waals surface area contributed by atoms with Gasteiger partial charge < -0.3 is 19.1 Å². The third-order valence-electron chi connectivity index (χ3n) is 4.60. The van der Waals surface area contributed by atoms with E-state index in [1.165, 1.54) is 44.4 Å². The molecule has 168 valence electrons. The lowest BCUT2D eigenvalue weighted by molar-refractivity contribution is -0.148. The molecule has 1 amide bonds. The molecule has 0 aliphatic carbocycles. The van der Waals surface area contributed by atoms with E-state index in [1.54, 1.807) is 0 Å². The van der Waals surface area contributed by atoms with Crippen LogP contribution >= 0.6 is 11.6 Å². The molecule has 2 unspecified atom stereocenters. The Labute approximate surface area is 177 Å². The predicted octanol–water partition coefficient (Wildman–Crippen LogP) is 4.26. The first-order chi connectivity index (χ1) is 14.0. The van der Waals surface area contributed by atoms with E-state index in [9.17, 15) is 27.6 Å². The van der Waals surface area contributed by atoms with Crippen LogP contribution in [0.3, 0.4) is 0 Å². The summed E-state index contributed by atoms with van der Waals surface area (Å²) in [7, 11) is 3.70. The Morgan fingerprint density at radius 3 is 2.20 bits per heavy atom. The lowest BCUT2D eigenvalue weighted by Crippen LogP contribution is -2.48. The Morgan fingerprint density at radius 1 is 1.10 bits per heavy atom. The van der Waals surface area contributed by atoms with Gasteiger partial charge in [0.25, 0.3) is 0 Å². The molecule has 7 nitrogen and oxygen atoms in total. The first-order valence-electron chi connectivity index (χ1n) is 8.86. The number of esters is 1. The first-order valence-corrected chi connectivity index (χ1v) is 9.23. The number of benzene rings is 1. The van der Waals surface area contributed by atoms with E-state index >= 15 is 0 Å². The van der Waals surface area contributed by atoms with Crippen LogP contribution in [0.2, 0.25) is 0 Å². The van der Waals surface area contributed by atoms with E-state index in [2.05, 4.69) is 16.3 Å². The number of piperidine rings is 1. The summed E-state index contributed by atoms with van der Waals surface area (Å²) in [4.78, 5) is 34.5. The van der Waals surface area contributed by atoms with Crippen molar-refractivity contribution in [3.05, 3.63) is 35.4 Å². The Morgan fingerprint density at radius 2 is 1.70 bits per heavy atom. The van der Waals surface area contributed by atoms with Gasteiger partial charge in [-0.3, -0.25) is 4.79 Å². The van der Waals surface area contributed by atoms with Crippen molar-refractivity contribution >= 4 is 29.1 Å². The molecule has 1 saturated heterocycles. The second-order valence-electron chi connectivity index (χ2n) is 6.36. The highest BCUT2D eigenvalue weighted by atomic mass is 35.5. The number of carbonyl (C=O) groups excluding carboxylic acids is 3. The van der Waals surface area contributed by atoms with E-state index in [0.29, 0.717) is 6.42 Å². The van der Waals surface area contributed by atoms with Crippen molar-refractivity contribution in [2.45, 2.75) is 31.5 Å². The van der Waals surface area contributed by atoms with Crippen molar-refractivity contribution in [1.82, 2.24) is 4.90 Å². The van der Waals surface area contributed by atoms with E-state index < -0.39 is 41.2 Å². The molecule has 1 aromatic rings. The zero-order valence-corrected chi connectivity index (χ0v) is 17.5. The van der Waals surface area contributed by atoms with Gasteiger partial charge in [-0.25, -0.2) is 9.59 Å². The molecule has 2 rings (SSSR count). The molecular formula is C19H23ClF3NO6. The Hall–Kier alpha value is -2.49. The third-order valence-corrected chi connectivity index (χ3v) is 4.75. The number of amides is 1. The standard InChI is InChI=1S/C17H20F3NO4.C2H3ClO2/c1-24-15(22)12-7-8-21(16(23)25-2)13(10-12)9-11-5-3-4-6-14(11)17(18,19)20;1-5-2(3)4/h3-6,12-13H,7-10H2,1-2H3;1H3. The number of alkyl halides is 3. The summed E-state index contributed by atoms with van der Waals surface area (Å²) in [5, 5.41) is 0. The second kappa shape index (κ2) is 11.6. The fourth-order valence-corrected chi connectivity index (χ4v) is 3.21. The molecule has 0 N–H and O–H groups in total. The van der Waals surface area contributed by atoms with Gasteiger partial charge in [-0.1, -0.05) is 18.2 Å². The van der Waals surface area contributed by atoms with Gasteiger partial charge in [0.15, 0.2) is 0 Å². The van der Waals surface area contributed by atoms with Crippen molar-refractivity contribution in [2.24, 2.45) is 5.92 Å². The minimum absolute atomic E-state index is 0.0156. The molecule has 1 aliphatic rings. The van der Waals surface area contributed by atoms with Crippen molar-refractivity contribution in [3.8, 4) is 0 Å². The van der Waals surface area contributed by atoms with Gasteiger partial charge in [0.1, 0.15) is 0 Å². The van der Waals surface area contributed by atoms with Crippen molar-refractivity contribution in [2.75, 3.05) is 27.9 Å². The van der Waals surface area contributed by atoms with Crippen molar-refractivity contribution in [1.29, 1.82) is 0 Å². The molecule has 1 aromatic carbocycles. The van der Waals surface area contributed by atoms with Crippen LogP contribution in [-0.4, -0.2) is 56.3 Å². The molecule has 1 aliphatic heterocycles. The van der Waals surface area contributed by atoms with Crippen LogP contribution in [0.15, 0.2) is 24.3 Å². The van der Waals surface area contributed by atoms with Gasteiger partial charge in [-0.15, -0.1) is 0 Å². The number of halogens is 4. The third kappa shape index (κ3) is 7.40. The number of methoxy groups -OCH3 is 3. The van der Waals surface area contributed by atoms with Crippen LogP contribution in [0, 0.1) is 5.92 Å². The lowest BCUT2D eigenvalue weighted by atomic mass is 9.86. The molecule has 0 saturated carbocycles. The highest BCUT2D eigenvalue weighted by Gasteiger charge is 2.38. The van der Waals surface area contributed by atoms with Crippen LogP contribution in [0.4, 0.5) is 22.8 Å². The van der Waals surface area contributed by atoms with Gasteiger partial charge in [0.2, 0.25) is 0 Å². The minimum atomic E-state index is -4.48. The molecule has 30 heavy (non-hydrogen) atoms. The van der Waals surface area contributed by atoms with Crippen LogP contribution in [0.25, 0.3) is 0 Å². The maximum Gasteiger partial charge on any atom is 0.416 e. The summed E-state index contributed by atoms with van der Waals surface area (Å²) in [5.74, 6) is -0.868. The fourth-order valence-electron chi connectivity index (χ4n) is 3.21. The van der Waals surface area contributed by atoms with Crippen molar-refractivity contribution < 1.29 is 41.8 Å². The monoisotopic (exact) mass is 453 g/mol. The van der Waals surface area contributed by atoms with Gasteiger partial charge in [-0.05, 0) is 30.9 Å². The zero-order valence-electron chi connectivity index (χ0n) is 16.7. The SMILES string of the molecule is COC(=O)C1CCN(C(=O)OC)C(Cc2ccccc2C(F)(F)F)C1.COC(=O)Cl. The van der Waals surface area contributed by atoms with Gasteiger partial charge in [-0.2, -0.15) is 13.2 Å². The number of hydrogen-bond donors (Lipinski definition) is 0. The quantitative estimate of drug-likeness (QED) is 0.386. The predicted molar refractivity (Wildman–Crippen MR) is 101 cm³/mol. The molecule has 11 heteroatoms. The molecule has 0 radical (unpaired) electrons. The Balaban J connectivity index is 0.000000804. The minimum Gasteiger partial charge on any atom is -0.469 e. The van der Waals surface area contributed by atoms with Crippen LogP contribution in [-0.2, 0) is 31.6 Å². The number of rotatable bonds is 3. The zero-order chi connectivity index (χ0) is 22.9. The highest BCUT2D eigenvalue weighted by Crippen LogP contribution is 2.34. The fraction of sp³-hybridized carbons (Fsp3) is 0.526. The maximum absolute atomic E-state index is 13.2. The number of ether oxygens (including phenoxy) is 3. The van der Waals surface area contributed by atoms with E-state index in [-0.39, 0.29) is 24.9 Å². The summed E-state index contributed by atoms with van der Waals surface area (Å²) in [5.41, 5.74) is -1.43. The van der Waals surface area contributed by atoms with E-state index in [4.69, 9.17) is 9.47 Å². The topological polar surface area (TPSA) is 82.1 Å². The largest absolute Gasteiger partial charge is 0.469 e. The second-order valence-corrected chi connectivity index (χ2v) is 6.67. The molecule has 0 bridgehead atoms. The highest BCUT2D eigenvalue weighted by molar-refractivity contribution is 6.61. The molecule has 2 atom stereocenters. The van der Waals surface area contributed by atoms with Crippen LogP contribution < -0.4 is 0 Å². The summed E-state index contributed by atoms with van der Waals surface area (Å²) in [6.45, 7) is 0.227. The average molecular weight is 454 g/mol. The Kier molecular flexibility index (Phi) is 9.91. The number of carbonyl (C=O) groups is 3. The molecular weight excluding hydrogens is 431 g/mol. The number of hydrogen-bond acceptors (Lipinski definition) is 6. The van der Waals surface area contributed by atoms with Gasteiger partial charge in [0, 0.05) is 24.2 Å². The normalized spacial score (nSPS) is 18.6. The average Bonchev–Trinajstić information content (AvgIpc) is 2.72. The maximum atomic E-state index is 13.2. The molecule has 0 aromatic heterocycles. The van der Waals surface area contributed by atoms with Crippen LogP contribution in [0.1, 0.15) is 24.0 Å². The van der Waals surface area contributed by atoms with Crippen LogP contribution in [0.5, 0.6) is 0 Å². The van der Waals surface area contributed by atoms with Crippen molar-refractivity contribution in [3.63, 3.8) is 0 Å². The van der Waals surface area contributed by atoms with E-state index in [1.807, 2.05) is 0 Å². The smallest absolute Gasteiger partial charge is 0.416 e. The first kappa shape index (κ1) is 25.5. The molecule has 1 fully saturated rings. The summed E-state index contributed by atoms with van der Waals surface area (Å²) < 4.78 is 53.0. The lowest BCUT2D eigenvalue weighted by Gasteiger charge is -2.38. The Bertz CT molecular complexity index is 743. The van der Waals surface area contributed by atoms with Gasteiger partial charge >= 0.3 is 23.7 Å². The molecule has 1 heterocycles. The molecule has 0 spiro atoms. The summed E-state index contributed by atoms with van der Waals surface area (Å²) in [6, 6.07) is 4.67. The number of nitrogens with zero attached hydrogens (tertiary/aromatic N) is 1. The van der Waals surface area contributed by atoms with E-state index in [0.717, 1.165) is 6.07 Å².